The van der Waals surface area contributed by atoms with E-state index in [1.807, 2.05) is 31.4 Å². The summed E-state index contributed by atoms with van der Waals surface area (Å²) in [6, 6.07) is 3.81. The van der Waals surface area contributed by atoms with E-state index in [-0.39, 0.29) is 18.4 Å². The van der Waals surface area contributed by atoms with Crippen LogP contribution in [-0.2, 0) is 16.0 Å². The van der Waals surface area contributed by atoms with E-state index in [4.69, 9.17) is 5.11 Å². The number of carbonyl (C=O) groups is 2. The molecular weight excluding hydrogens is 238 g/mol. The maximum atomic E-state index is 11.5. The zero-order chi connectivity index (χ0) is 12.8. The molecule has 17 heavy (non-hydrogen) atoms. The maximum absolute atomic E-state index is 11.5. The summed E-state index contributed by atoms with van der Waals surface area (Å²) in [5.74, 6) is -1.77. The molecule has 1 unspecified atom stereocenters. The number of thiophene rings is 1. The van der Waals surface area contributed by atoms with E-state index in [0.29, 0.717) is 6.42 Å². The van der Waals surface area contributed by atoms with Crippen molar-refractivity contribution < 1.29 is 14.7 Å². The average Bonchev–Trinajstić information content (AvgIpc) is 2.67. The van der Waals surface area contributed by atoms with Crippen molar-refractivity contribution in [1.82, 2.24) is 5.32 Å². The number of aliphatic carboxylic acids is 1. The van der Waals surface area contributed by atoms with Crippen LogP contribution in [-0.4, -0.2) is 23.0 Å². The fourth-order valence-electron chi connectivity index (χ4n) is 1.52. The summed E-state index contributed by atoms with van der Waals surface area (Å²) >= 11 is 1.51. The van der Waals surface area contributed by atoms with Gasteiger partial charge in [-0.05, 0) is 31.7 Å². The topological polar surface area (TPSA) is 66.4 Å². The largest absolute Gasteiger partial charge is 0.481 e. The van der Waals surface area contributed by atoms with Crippen LogP contribution < -0.4 is 5.32 Å². The highest BCUT2D eigenvalue weighted by Gasteiger charge is 2.22. The molecule has 4 nitrogen and oxygen atoms in total. The lowest BCUT2D eigenvalue weighted by molar-refractivity contribution is -0.144. The molecule has 0 aliphatic rings. The molecular formula is C12H17NO3S. The lowest BCUT2D eigenvalue weighted by Gasteiger charge is -2.13. The van der Waals surface area contributed by atoms with E-state index in [2.05, 4.69) is 5.32 Å². The van der Waals surface area contributed by atoms with Crippen LogP contribution in [0.1, 0.15) is 25.1 Å². The summed E-state index contributed by atoms with van der Waals surface area (Å²) in [5, 5.41) is 13.7. The van der Waals surface area contributed by atoms with E-state index >= 15 is 0 Å². The molecule has 0 saturated heterocycles. The number of carboxylic acids is 1. The molecule has 1 atom stereocenters. The Morgan fingerprint density at radius 2 is 2.18 bits per heavy atom. The molecule has 0 radical (unpaired) electrons. The molecule has 1 heterocycles. The zero-order valence-electron chi connectivity index (χ0n) is 9.97. The molecule has 0 aromatic carbocycles. The standard InChI is InChI=1S/C12H17NO3S/c1-8(2)13-11(14)7-9(12(15)16)6-10-4-3-5-17-10/h3-5,8-9H,6-7H2,1-2H3,(H,13,14)(H,15,16). The van der Waals surface area contributed by atoms with E-state index < -0.39 is 11.9 Å². The van der Waals surface area contributed by atoms with Crippen molar-refractivity contribution in [2.24, 2.45) is 5.92 Å². The Balaban J connectivity index is 2.55. The molecule has 1 aromatic rings. The van der Waals surface area contributed by atoms with Crippen molar-refractivity contribution >= 4 is 23.2 Å². The van der Waals surface area contributed by atoms with Crippen LogP contribution in [0.4, 0.5) is 0 Å². The second kappa shape index (κ2) is 6.39. The van der Waals surface area contributed by atoms with E-state index in [1.165, 1.54) is 11.3 Å². The third-order valence-corrected chi connectivity index (χ3v) is 3.16. The third kappa shape index (κ3) is 4.99. The first-order chi connectivity index (χ1) is 7.99. The van der Waals surface area contributed by atoms with Gasteiger partial charge in [-0.3, -0.25) is 9.59 Å². The van der Waals surface area contributed by atoms with Crippen molar-refractivity contribution in [3.63, 3.8) is 0 Å². The highest BCUT2D eigenvalue weighted by Crippen LogP contribution is 2.17. The molecule has 0 fully saturated rings. The van der Waals surface area contributed by atoms with Crippen LogP contribution in [0, 0.1) is 5.92 Å². The Labute approximate surface area is 105 Å². The monoisotopic (exact) mass is 255 g/mol. The first kappa shape index (κ1) is 13.7. The van der Waals surface area contributed by atoms with E-state index in [9.17, 15) is 9.59 Å². The number of hydrogen-bond donors (Lipinski definition) is 2. The third-order valence-electron chi connectivity index (χ3n) is 2.26. The minimum absolute atomic E-state index is 0.0331. The molecule has 94 valence electrons. The molecule has 1 aromatic heterocycles. The molecule has 2 N–H and O–H groups in total. The molecule has 0 bridgehead atoms. The number of hydrogen-bond acceptors (Lipinski definition) is 3. The second-order valence-electron chi connectivity index (χ2n) is 4.24. The summed E-state index contributed by atoms with van der Waals surface area (Å²) in [5.41, 5.74) is 0. The van der Waals surface area contributed by atoms with E-state index in [0.717, 1.165) is 4.88 Å². The van der Waals surface area contributed by atoms with Gasteiger partial charge in [-0.25, -0.2) is 0 Å². The zero-order valence-corrected chi connectivity index (χ0v) is 10.8. The first-order valence-corrected chi connectivity index (χ1v) is 6.41. The van der Waals surface area contributed by atoms with E-state index in [1.54, 1.807) is 0 Å². The molecule has 0 aliphatic carbocycles. The molecule has 1 amide bonds. The van der Waals surface area contributed by atoms with Crippen LogP contribution >= 0.6 is 11.3 Å². The smallest absolute Gasteiger partial charge is 0.307 e. The first-order valence-electron chi connectivity index (χ1n) is 5.53. The molecule has 5 heteroatoms. The molecule has 0 aliphatic heterocycles. The van der Waals surface area contributed by atoms with Gasteiger partial charge in [0.25, 0.3) is 0 Å². The number of amides is 1. The van der Waals surface area contributed by atoms with Crippen molar-refractivity contribution in [2.45, 2.75) is 32.7 Å². The number of nitrogens with one attached hydrogen (secondary N) is 1. The predicted octanol–water partition coefficient (Wildman–Crippen LogP) is 1.91. The van der Waals surface area contributed by atoms with Gasteiger partial charge in [-0.1, -0.05) is 6.07 Å². The Bertz CT molecular complexity index is 373. The molecule has 1 rings (SSSR count). The quantitative estimate of drug-likeness (QED) is 0.816. The summed E-state index contributed by atoms with van der Waals surface area (Å²) in [4.78, 5) is 23.6. The SMILES string of the molecule is CC(C)NC(=O)CC(Cc1cccs1)C(=O)O. The van der Waals surface area contributed by atoms with Gasteiger partial charge in [-0.2, -0.15) is 0 Å². The van der Waals surface area contributed by atoms with Gasteiger partial charge in [0.2, 0.25) is 5.91 Å². The lowest BCUT2D eigenvalue weighted by Crippen LogP contribution is -2.33. The van der Waals surface area contributed by atoms with Gasteiger partial charge in [0, 0.05) is 17.3 Å². The minimum atomic E-state index is -0.919. The van der Waals surface area contributed by atoms with Crippen molar-refractivity contribution in [3.05, 3.63) is 22.4 Å². The van der Waals surface area contributed by atoms with Crippen LogP contribution in [0.5, 0.6) is 0 Å². The van der Waals surface area contributed by atoms with Gasteiger partial charge in [0.1, 0.15) is 0 Å². The van der Waals surface area contributed by atoms with Crippen LogP contribution in [0.25, 0.3) is 0 Å². The molecule has 0 saturated carbocycles. The highest BCUT2D eigenvalue weighted by atomic mass is 32.1. The van der Waals surface area contributed by atoms with Crippen LogP contribution in [0.15, 0.2) is 17.5 Å². The summed E-state index contributed by atoms with van der Waals surface area (Å²) < 4.78 is 0. The average molecular weight is 255 g/mol. The highest BCUT2D eigenvalue weighted by molar-refractivity contribution is 7.09. The van der Waals surface area contributed by atoms with Crippen molar-refractivity contribution in [1.29, 1.82) is 0 Å². The fourth-order valence-corrected chi connectivity index (χ4v) is 2.31. The normalized spacial score (nSPS) is 12.4. The predicted molar refractivity (Wildman–Crippen MR) is 67.0 cm³/mol. The molecule has 0 spiro atoms. The Hall–Kier alpha value is -1.36. The van der Waals surface area contributed by atoms with Gasteiger partial charge in [0.05, 0.1) is 5.92 Å². The number of carbonyl (C=O) groups excluding carboxylic acids is 1. The van der Waals surface area contributed by atoms with Crippen molar-refractivity contribution in [2.75, 3.05) is 0 Å². The van der Waals surface area contributed by atoms with Crippen LogP contribution in [0.2, 0.25) is 0 Å². The van der Waals surface area contributed by atoms with Gasteiger partial charge in [0.15, 0.2) is 0 Å². The Morgan fingerprint density at radius 1 is 1.47 bits per heavy atom. The summed E-state index contributed by atoms with van der Waals surface area (Å²) in [6.45, 7) is 3.71. The van der Waals surface area contributed by atoms with Gasteiger partial charge >= 0.3 is 5.97 Å². The minimum Gasteiger partial charge on any atom is -0.481 e. The summed E-state index contributed by atoms with van der Waals surface area (Å²) in [7, 11) is 0. The van der Waals surface area contributed by atoms with Crippen molar-refractivity contribution in [3.8, 4) is 0 Å². The lowest BCUT2D eigenvalue weighted by atomic mass is 10.00. The number of rotatable bonds is 6. The fraction of sp³-hybridized carbons (Fsp3) is 0.500. The maximum Gasteiger partial charge on any atom is 0.307 e. The van der Waals surface area contributed by atoms with Gasteiger partial charge < -0.3 is 10.4 Å². The number of carboxylic acid groups (broad SMARTS) is 1. The Kier molecular flexibility index (Phi) is 5.15. The summed E-state index contributed by atoms with van der Waals surface area (Å²) in [6.07, 6.45) is 0.448. The Morgan fingerprint density at radius 3 is 2.65 bits per heavy atom. The second-order valence-corrected chi connectivity index (χ2v) is 5.28. The van der Waals surface area contributed by atoms with Gasteiger partial charge in [-0.15, -0.1) is 11.3 Å². The van der Waals surface area contributed by atoms with Crippen LogP contribution in [0.3, 0.4) is 0 Å².